The van der Waals surface area contributed by atoms with Crippen LogP contribution < -0.4 is 0 Å². The molecule has 0 aliphatic carbocycles. The number of aryl methyl sites for hydroxylation is 1. The van der Waals surface area contributed by atoms with E-state index >= 15 is 0 Å². The summed E-state index contributed by atoms with van der Waals surface area (Å²) in [6.07, 6.45) is 0. The average Bonchev–Trinajstić information content (AvgIpc) is 2.65. The smallest absolute Gasteiger partial charge is 0.274 e. The van der Waals surface area contributed by atoms with Gasteiger partial charge in [0.25, 0.3) is 5.91 Å². The van der Waals surface area contributed by atoms with Gasteiger partial charge in [-0.25, -0.2) is 10.0 Å². The summed E-state index contributed by atoms with van der Waals surface area (Å²) >= 11 is 1.62. The number of thiazole rings is 1. The zero-order valence-electron chi connectivity index (χ0n) is 9.35. The predicted octanol–water partition coefficient (Wildman–Crippen LogP) is 2.24. The molecule has 16 heavy (non-hydrogen) atoms. The fourth-order valence-electron chi connectivity index (χ4n) is 1.44. The molecule has 0 spiro atoms. The Labute approximate surface area is 97.4 Å². The van der Waals surface area contributed by atoms with Crippen molar-refractivity contribution in [1.29, 1.82) is 0 Å². The average molecular weight is 236 g/mol. The fourth-order valence-corrected chi connectivity index (χ4v) is 2.25. The van der Waals surface area contributed by atoms with Crippen LogP contribution >= 0.6 is 11.3 Å². The van der Waals surface area contributed by atoms with Crippen molar-refractivity contribution in [2.75, 3.05) is 14.2 Å². The number of rotatable bonds is 2. The van der Waals surface area contributed by atoms with Crippen molar-refractivity contribution in [2.24, 2.45) is 0 Å². The highest BCUT2D eigenvalue weighted by atomic mass is 32.1. The van der Waals surface area contributed by atoms with Crippen molar-refractivity contribution in [3.63, 3.8) is 0 Å². The molecule has 0 aliphatic heterocycles. The van der Waals surface area contributed by atoms with Crippen LogP contribution in [0.2, 0.25) is 0 Å². The SMILES string of the molecule is CON(C)C(=O)c1ccc2sc(C)nc2c1. The third-order valence-electron chi connectivity index (χ3n) is 2.30. The van der Waals surface area contributed by atoms with E-state index < -0.39 is 0 Å². The number of aromatic nitrogens is 1. The second-order valence-corrected chi connectivity index (χ2v) is 4.64. The van der Waals surface area contributed by atoms with Crippen LogP contribution in [-0.2, 0) is 4.84 Å². The summed E-state index contributed by atoms with van der Waals surface area (Å²) in [5, 5.41) is 2.19. The second-order valence-electron chi connectivity index (χ2n) is 3.40. The van der Waals surface area contributed by atoms with Crippen LogP contribution in [0.4, 0.5) is 0 Å². The van der Waals surface area contributed by atoms with Crippen LogP contribution in [0.15, 0.2) is 18.2 Å². The van der Waals surface area contributed by atoms with Gasteiger partial charge in [-0.1, -0.05) is 0 Å². The number of carbonyl (C=O) groups is 1. The predicted molar refractivity (Wildman–Crippen MR) is 63.5 cm³/mol. The maximum atomic E-state index is 11.8. The van der Waals surface area contributed by atoms with E-state index in [1.807, 2.05) is 13.0 Å². The van der Waals surface area contributed by atoms with Gasteiger partial charge in [0.05, 0.1) is 22.3 Å². The van der Waals surface area contributed by atoms with E-state index in [2.05, 4.69) is 4.98 Å². The zero-order valence-corrected chi connectivity index (χ0v) is 10.2. The minimum absolute atomic E-state index is 0.171. The standard InChI is InChI=1S/C11H12N2O2S/c1-7-12-9-6-8(4-5-10(9)16-7)11(14)13(2)15-3/h4-6H,1-3H3. The Morgan fingerprint density at radius 1 is 1.50 bits per heavy atom. The minimum Gasteiger partial charge on any atom is -0.274 e. The Kier molecular flexibility index (Phi) is 2.89. The summed E-state index contributed by atoms with van der Waals surface area (Å²) in [6, 6.07) is 5.49. The molecule has 0 saturated carbocycles. The summed E-state index contributed by atoms with van der Waals surface area (Å²) in [5.41, 5.74) is 1.44. The molecule has 0 atom stereocenters. The lowest BCUT2D eigenvalue weighted by molar-refractivity contribution is -0.0756. The monoisotopic (exact) mass is 236 g/mol. The molecule has 5 heteroatoms. The summed E-state index contributed by atoms with van der Waals surface area (Å²) in [6.45, 7) is 1.95. The molecule has 0 fully saturated rings. The highest BCUT2D eigenvalue weighted by Crippen LogP contribution is 2.22. The Hall–Kier alpha value is -1.46. The number of hydrogen-bond donors (Lipinski definition) is 0. The van der Waals surface area contributed by atoms with E-state index in [-0.39, 0.29) is 5.91 Å². The summed E-state index contributed by atoms with van der Waals surface area (Å²) < 4.78 is 1.09. The summed E-state index contributed by atoms with van der Waals surface area (Å²) in [4.78, 5) is 21.0. The first-order valence-electron chi connectivity index (χ1n) is 4.81. The van der Waals surface area contributed by atoms with E-state index in [0.29, 0.717) is 5.56 Å². The van der Waals surface area contributed by atoms with Gasteiger partial charge in [0.2, 0.25) is 0 Å². The maximum absolute atomic E-state index is 11.8. The first-order valence-corrected chi connectivity index (χ1v) is 5.63. The summed E-state index contributed by atoms with van der Waals surface area (Å²) in [7, 11) is 3.04. The fraction of sp³-hybridized carbons (Fsp3) is 0.273. The molecule has 1 amide bonds. The Morgan fingerprint density at radius 3 is 2.94 bits per heavy atom. The maximum Gasteiger partial charge on any atom is 0.277 e. The number of nitrogens with zero attached hydrogens (tertiary/aromatic N) is 2. The molecule has 0 aliphatic rings. The Morgan fingerprint density at radius 2 is 2.25 bits per heavy atom. The van der Waals surface area contributed by atoms with Crippen LogP contribution in [-0.4, -0.2) is 30.1 Å². The van der Waals surface area contributed by atoms with Crippen molar-refractivity contribution >= 4 is 27.5 Å². The lowest BCUT2D eigenvalue weighted by Crippen LogP contribution is -2.25. The largest absolute Gasteiger partial charge is 0.277 e. The van der Waals surface area contributed by atoms with Crippen molar-refractivity contribution in [1.82, 2.24) is 10.0 Å². The first kappa shape index (κ1) is 11.0. The summed E-state index contributed by atoms with van der Waals surface area (Å²) in [5.74, 6) is -0.171. The molecule has 4 nitrogen and oxygen atoms in total. The highest BCUT2D eigenvalue weighted by Gasteiger charge is 2.12. The minimum atomic E-state index is -0.171. The number of amides is 1. The van der Waals surface area contributed by atoms with Gasteiger partial charge in [0.15, 0.2) is 0 Å². The van der Waals surface area contributed by atoms with Crippen LogP contribution in [0.1, 0.15) is 15.4 Å². The first-order chi connectivity index (χ1) is 7.61. The van der Waals surface area contributed by atoms with E-state index in [1.165, 1.54) is 12.2 Å². The quantitative estimate of drug-likeness (QED) is 0.751. The van der Waals surface area contributed by atoms with Crippen molar-refractivity contribution in [3.8, 4) is 0 Å². The number of fused-ring (bicyclic) bond motifs is 1. The second kappa shape index (κ2) is 4.19. The van der Waals surface area contributed by atoms with Crippen molar-refractivity contribution < 1.29 is 9.63 Å². The lowest BCUT2D eigenvalue weighted by Gasteiger charge is -2.13. The number of benzene rings is 1. The van der Waals surface area contributed by atoms with E-state index in [1.54, 1.807) is 30.5 Å². The molecular formula is C11H12N2O2S. The highest BCUT2D eigenvalue weighted by molar-refractivity contribution is 7.18. The molecular weight excluding hydrogens is 224 g/mol. The van der Waals surface area contributed by atoms with Crippen LogP contribution in [0.3, 0.4) is 0 Å². The normalized spacial score (nSPS) is 10.7. The third-order valence-corrected chi connectivity index (χ3v) is 3.25. The van der Waals surface area contributed by atoms with Crippen LogP contribution in [0.5, 0.6) is 0 Å². The van der Waals surface area contributed by atoms with Gasteiger partial charge >= 0.3 is 0 Å². The topological polar surface area (TPSA) is 42.4 Å². The van der Waals surface area contributed by atoms with Gasteiger partial charge in [0, 0.05) is 12.6 Å². The molecule has 2 rings (SSSR count). The molecule has 1 aromatic carbocycles. The zero-order chi connectivity index (χ0) is 11.7. The molecule has 2 aromatic rings. The lowest BCUT2D eigenvalue weighted by atomic mass is 10.2. The van der Waals surface area contributed by atoms with Gasteiger partial charge < -0.3 is 0 Å². The van der Waals surface area contributed by atoms with Gasteiger partial charge in [-0.15, -0.1) is 11.3 Å². The van der Waals surface area contributed by atoms with Crippen molar-refractivity contribution in [3.05, 3.63) is 28.8 Å². The van der Waals surface area contributed by atoms with Crippen LogP contribution in [0, 0.1) is 6.92 Å². The van der Waals surface area contributed by atoms with E-state index in [0.717, 1.165) is 15.2 Å². The van der Waals surface area contributed by atoms with Crippen LogP contribution in [0.25, 0.3) is 10.2 Å². The molecule has 1 aromatic heterocycles. The molecule has 0 N–H and O–H groups in total. The molecule has 84 valence electrons. The van der Waals surface area contributed by atoms with Gasteiger partial charge in [0.1, 0.15) is 0 Å². The Balaban J connectivity index is 2.42. The molecule has 0 radical (unpaired) electrons. The molecule has 0 bridgehead atoms. The Bertz CT molecular complexity index is 536. The molecule has 0 saturated heterocycles. The van der Waals surface area contributed by atoms with Gasteiger partial charge in [-0.2, -0.15) is 0 Å². The number of hydroxylamine groups is 2. The van der Waals surface area contributed by atoms with Crippen molar-refractivity contribution in [2.45, 2.75) is 6.92 Å². The molecule has 1 heterocycles. The van der Waals surface area contributed by atoms with Gasteiger partial charge in [-0.3, -0.25) is 9.63 Å². The van der Waals surface area contributed by atoms with E-state index in [9.17, 15) is 4.79 Å². The number of carbonyl (C=O) groups excluding carboxylic acids is 1. The van der Waals surface area contributed by atoms with E-state index in [4.69, 9.17) is 4.84 Å². The van der Waals surface area contributed by atoms with Gasteiger partial charge in [-0.05, 0) is 25.1 Å². The molecule has 0 unspecified atom stereocenters. The third kappa shape index (κ3) is 1.91. The number of hydrogen-bond acceptors (Lipinski definition) is 4.